The molecule has 0 fully saturated rings. The highest BCUT2D eigenvalue weighted by atomic mass is 16.3. The topological polar surface area (TPSA) is 101 Å². The van der Waals surface area contributed by atoms with Crippen molar-refractivity contribution in [2.75, 3.05) is 0 Å². The first kappa shape index (κ1) is 68.6. The second-order valence-corrected chi connectivity index (χ2v) is 33.4. The first-order chi connectivity index (χ1) is 62.5. The van der Waals surface area contributed by atoms with Gasteiger partial charge < -0.3 is 26.9 Å². The molecular formula is C115H66N10O. The van der Waals surface area contributed by atoms with Crippen molar-refractivity contribution in [2.24, 2.45) is 0 Å². The van der Waals surface area contributed by atoms with Gasteiger partial charge in [-0.1, -0.05) is 291 Å². The number of hydrogen-bond donors (Lipinski definition) is 0. The zero-order chi connectivity index (χ0) is 82.1. The number of fused-ring (bicyclic) bond motifs is 24. The molecule has 582 valence electrons. The largest absolute Gasteiger partial charge is 0.456 e. The molecule has 0 N–H and O–H groups in total. The van der Waals surface area contributed by atoms with Gasteiger partial charge in [-0.05, 0) is 126 Å². The number of rotatable bonds is 11. The molecule has 0 aliphatic heterocycles. The van der Waals surface area contributed by atoms with Gasteiger partial charge in [0.05, 0.1) is 77.6 Å². The fourth-order valence-corrected chi connectivity index (χ4v) is 21.1. The maximum atomic E-state index is 6.60. The molecule has 0 atom stereocenters. The highest BCUT2D eigenvalue weighted by Crippen LogP contribution is 2.48. The third kappa shape index (κ3) is 9.95. The van der Waals surface area contributed by atoms with Crippen LogP contribution in [0.3, 0.4) is 0 Å². The van der Waals surface area contributed by atoms with Gasteiger partial charge in [0.15, 0.2) is 23.3 Å². The first-order valence-electron chi connectivity index (χ1n) is 42.8. The number of hydrogen-bond acceptors (Lipinski definition) is 6. The van der Waals surface area contributed by atoms with E-state index in [1.54, 1.807) is 0 Å². The Morgan fingerprint density at radius 3 is 1.17 bits per heavy atom. The molecule has 10 aromatic heterocycles. The van der Waals surface area contributed by atoms with Crippen molar-refractivity contribution in [3.63, 3.8) is 0 Å². The van der Waals surface area contributed by atoms with Crippen LogP contribution < -0.4 is 0 Å². The summed E-state index contributed by atoms with van der Waals surface area (Å²) in [5.74, 6) is 2.21. The number of aromatic nitrogens is 10. The summed E-state index contributed by atoms with van der Waals surface area (Å²) >= 11 is 0. The van der Waals surface area contributed by atoms with Crippen molar-refractivity contribution in [2.45, 2.75) is 0 Å². The zero-order valence-corrected chi connectivity index (χ0v) is 67.5. The van der Waals surface area contributed by atoms with Crippen LogP contribution in [-0.2, 0) is 0 Å². The Morgan fingerprint density at radius 2 is 0.540 bits per heavy atom. The Balaban J connectivity index is 0.623. The second-order valence-electron chi connectivity index (χ2n) is 33.4. The quantitative estimate of drug-likeness (QED) is 0.128. The van der Waals surface area contributed by atoms with Crippen LogP contribution in [0.15, 0.2) is 405 Å². The van der Waals surface area contributed by atoms with Gasteiger partial charge in [0.1, 0.15) is 11.2 Å². The van der Waals surface area contributed by atoms with Crippen molar-refractivity contribution < 1.29 is 4.42 Å². The maximum Gasteiger partial charge on any atom is 0.164 e. The first-order valence-corrected chi connectivity index (χ1v) is 42.8. The lowest BCUT2D eigenvalue weighted by Crippen LogP contribution is -2.01. The monoisotopic (exact) mass is 1600 g/mol. The molecule has 126 heavy (non-hydrogen) atoms. The highest BCUT2D eigenvalue weighted by molar-refractivity contribution is 6.26. The van der Waals surface area contributed by atoms with E-state index in [0.717, 1.165) is 155 Å². The Morgan fingerprint density at radius 1 is 0.175 bits per heavy atom. The smallest absolute Gasteiger partial charge is 0.164 e. The Hall–Kier alpha value is -17.2. The van der Waals surface area contributed by atoms with E-state index in [-0.39, 0.29) is 0 Å². The minimum absolute atomic E-state index is 0.528. The minimum Gasteiger partial charge on any atom is -0.456 e. The van der Waals surface area contributed by atoms with Crippen molar-refractivity contribution in [1.29, 1.82) is 0 Å². The van der Waals surface area contributed by atoms with Gasteiger partial charge in [0.25, 0.3) is 0 Å². The average molecular weight is 1600 g/mol. The van der Waals surface area contributed by atoms with Gasteiger partial charge >= 0.3 is 0 Å². The third-order valence-corrected chi connectivity index (χ3v) is 26.6. The van der Waals surface area contributed by atoms with Crippen LogP contribution in [0.1, 0.15) is 0 Å². The molecule has 18 aromatic carbocycles. The van der Waals surface area contributed by atoms with E-state index in [2.05, 4.69) is 399 Å². The van der Waals surface area contributed by atoms with Gasteiger partial charge in [-0.2, -0.15) is 0 Å². The van der Waals surface area contributed by atoms with E-state index in [9.17, 15) is 0 Å². The second kappa shape index (κ2) is 26.2. The average Bonchev–Trinajstić information content (AvgIpc) is 1.54. The third-order valence-electron chi connectivity index (χ3n) is 26.6. The van der Waals surface area contributed by atoms with Gasteiger partial charge in [-0.15, -0.1) is 0 Å². The maximum absolute atomic E-state index is 6.60. The fourth-order valence-electron chi connectivity index (χ4n) is 21.1. The number of benzene rings is 18. The SMILES string of the molecule is c1ccc(-c2cc(-c3ccc4c5ccccc5n(-c5ccccc5)c4c3)nc(-c3ccc4c5cccc(-c6cccc(-c7nc(-c8cccc(-c9ccc%10c%11ccccc%11n(-c%11ccc%12c%13cccc%14c%15ccccc%15n(c%12c%11)c%14%13)c%10c9)c8)nc(-c8cccc9oc%10ccccc%10c89)n7)c6)c5n(-c5ccc6c7cccc8c9ccccc9n(c6c5)c87)c4c3)n2)cc1. The van der Waals surface area contributed by atoms with Gasteiger partial charge in [0, 0.05) is 142 Å². The predicted molar refractivity (Wildman–Crippen MR) is 519 cm³/mol. The number of para-hydroxylation sites is 9. The summed E-state index contributed by atoms with van der Waals surface area (Å²) in [6, 6.07) is 145. The molecule has 11 heteroatoms. The summed E-state index contributed by atoms with van der Waals surface area (Å²) in [7, 11) is 0. The molecule has 0 saturated heterocycles. The lowest BCUT2D eigenvalue weighted by molar-refractivity contribution is 0.669. The van der Waals surface area contributed by atoms with E-state index in [4.69, 9.17) is 29.3 Å². The summed E-state index contributed by atoms with van der Waals surface area (Å²) < 4.78 is 18.8. The predicted octanol–water partition coefficient (Wildman–Crippen LogP) is 29.5. The highest BCUT2D eigenvalue weighted by Gasteiger charge is 2.27. The van der Waals surface area contributed by atoms with E-state index in [1.807, 2.05) is 24.3 Å². The summed E-state index contributed by atoms with van der Waals surface area (Å²) in [6.07, 6.45) is 0. The summed E-state index contributed by atoms with van der Waals surface area (Å²) in [5.41, 5.74) is 29.6. The normalized spacial score (nSPS) is 12.3. The number of nitrogens with zero attached hydrogens (tertiary/aromatic N) is 10. The van der Waals surface area contributed by atoms with Gasteiger partial charge in [-0.25, -0.2) is 24.9 Å². The van der Waals surface area contributed by atoms with Crippen LogP contribution in [0.4, 0.5) is 0 Å². The summed E-state index contributed by atoms with van der Waals surface area (Å²) in [4.78, 5) is 27.9. The van der Waals surface area contributed by atoms with E-state index in [1.165, 1.54) is 92.2 Å². The van der Waals surface area contributed by atoms with Crippen molar-refractivity contribution in [1.82, 2.24) is 47.4 Å². The molecule has 0 bridgehead atoms. The van der Waals surface area contributed by atoms with Crippen LogP contribution in [0.25, 0.3) is 271 Å². The fraction of sp³-hybridized carbons (Fsp3) is 0. The molecule has 0 unspecified atom stereocenters. The van der Waals surface area contributed by atoms with Gasteiger partial charge in [-0.3, -0.25) is 0 Å². The van der Waals surface area contributed by atoms with Crippen molar-refractivity contribution >= 4 is 164 Å². The molecule has 0 spiro atoms. The molecule has 10 heterocycles. The standard InChI is InChI=1S/C115H66N10O/c1-3-23-67(24-4-1)95-66-96(71-50-55-84-79-31-7-12-43-97(79)121(102(84)62-71)75-29-5-2-6-30-75)117-112(116-95)74-51-56-85-90-37-19-36-78(109(90)123(103(85)63-74)77-53-58-87-92-41-21-39-89-82-34-10-15-46-100(82)125(111(89)92)105(87)65-77)70-26-18-28-73(60-70)114-118-113(119-115(120-114)94-42-22-48-107-108(94)93-35-11-16-47-106(93)126-107)72-27-17-25-68(59-72)69-49-54-83-80-32-8-13-44-98(80)122(101(83)61-69)76-52-57-86-91-40-20-38-88-81-33-9-14-45-99(81)124(110(88)91)104(86)64-76/h1-66H. The van der Waals surface area contributed by atoms with Crippen LogP contribution in [0, 0.1) is 0 Å². The Bertz CT molecular complexity index is 9510. The van der Waals surface area contributed by atoms with E-state index < -0.39 is 0 Å². The molecular weight excluding hydrogens is 1540 g/mol. The lowest BCUT2D eigenvalue weighted by atomic mass is 9.99. The van der Waals surface area contributed by atoms with Crippen LogP contribution in [0.5, 0.6) is 0 Å². The molecule has 0 aliphatic carbocycles. The Kier molecular flexibility index (Phi) is 14.3. The molecule has 28 rings (SSSR count). The molecule has 0 aliphatic rings. The lowest BCUT2D eigenvalue weighted by Gasteiger charge is -2.14. The number of furan rings is 1. The molecule has 28 aromatic rings. The summed E-state index contributed by atoms with van der Waals surface area (Å²) in [5, 5.41) is 18.8. The van der Waals surface area contributed by atoms with E-state index >= 15 is 0 Å². The molecule has 0 amide bonds. The van der Waals surface area contributed by atoms with Crippen LogP contribution in [-0.4, -0.2) is 47.4 Å². The van der Waals surface area contributed by atoms with Gasteiger partial charge in [0.2, 0.25) is 0 Å². The van der Waals surface area contributed by atoms with Crippen molar-refractivity contribution in [3.05, 3.63) is 400 Å². The van der Waals surface area contributed by atoms with E-state index in [0.29, 0.717) is 23.3 Å². The molecule has 0 saturated carbocycles. The Labute approximate surface area is 718 Å². The summed E-state index contributed by atoms with van der Waals surface area (Å²) in [6.45, 7) is 0. The minimum atomic E-state index is 0.528. The van der Waals surface area contributed by atoms with Crippen LogP contribution >= 0.6 is 0 Å². The zero-order valence-electron chi connectivity index (χ0n) is 67.5. The van der Waals surface area contributed by atoms with Crippen LogP contribution in [0.2, 0.25) is 0 Å². The molecule has 11 nitrogen and oxygen atoms in total. The van der Waals surface area contributed by atoms with Crippen molar-refractivity contribution in [3.8, 4) is 107 Å². The molecule has 0 radical (unpaired) electrons.